The van der Waals surface area contributed by atoms with E-state index in [9.17, 15) is 0 Å². The van der Waals surface area contributed by atoms with E-state index in [-0.39, 0.29) is 0 Å². The lowest BCUT2D eigenvalue weighted by Crippen LogP contribution is -1.97. The SMILES string of the molecule is C=CC1C=CC(C(=C)CC=CCC)=CC(C)C1. The van der Waals surface area contributed by atoms with Crippen LogP contribution in [0.15, 0.2) is 60.8 Å². The number of rotatable bonds is 5. The van der Waals surface area contributed by atoms with Crippen molar-refractivity contribution in [3.63, 3.8) is 0 Å². The fourth-order valence-corrected chi connectivity index (χ4v) is 2.09. The molecule has 1 aliphatic carbocycles. The summed E-state index contributed by atoms with van der Waals surface area (Å²) in [5.74, 6) is 1.09. The monoisotopic (exact) mass is 228 g/mol. The highest BCUT2D eigenvalue weighted by Crippen LogP contribution is 2.26. The van der Waals surface area contributed by atoms with E-state index in [0.717, 1.165) is 19.3 Å². The van der Waals surface area contributed by atoms with E-state index in [4.69, 9.17) is 0 Å². The third-order valence-electron chi connectivity index (χ3n) is 3.11. The topological polar surface area (TPSA) is 0 Å². The molecule has 1 rings (SSSR count). The number of hydrogen-bond acceptors (Lipinski definition) is 0. The molecule has 0 aliphatic heterocycles. The van der Waals surface area contributed by atoms with Gasteiger partial charge in [0.1, 0.15) is 0 Å². The molecule has 0 aromatic rings. The van der Waals surface area contributed by atoms with Crippen LogP contribution in [0.1, 0.15) is 33.1 Å². The highest BCUT2D eigenvalue weighted by molar-refractivity contribution is 5.40. The van der Waals surface area contributed by atoms with Crippen LogP contribution in [0.3, 0.4) is 0 Å². The third-order valence-corrected chi connectivity index (χ3v) is 3.11. The van der Waals surface area contributed by atoms with Gasteiger partial charge in [-0.3, -0.25) is 0 Å². The van der Waals surface area contributed by atoms with Crippen molar-refractivity contribution < 1.29 is 0 Å². The summed E-state index contributed by atoms with van der Waals surface area (Å²) < 4.78 is 0. The highest BCUT2D eigenvalue weighted by atomic mass is 14.2. The van der Waals surface area contributed by atoms with Gasteiger partial charge in [0.15, 0.2) is 0 Å². The first-order valence-corrected chi connectivity index (χ1v) is 6.53. The fraction of sp³-hybridized carbons (Fsp3) is 0.412. The van der Waals surface area contributed by atoms with Gasteiger partial charge in [-0.15, -0.1) is 6.58 Å². The van der Waals surface area contributed by atoms with Gasteiger partial charge in [-0.25, -0.2) is 0 Å². The van der Waals surface area contributed by atoms with E-state index >= 15 is 0 Å². The summed E-state index contributed by atoms with van der Waals surface area (Å²) in [5.41, 5.74) is 2.50. The van der Waals surface area contributed by atoms with Crippen LogP contribution in [-0.4, -0.2) is 0 Å². The molecule has 0 spiro atoms. The molecule has 0 bridgehead atoms. The lowest BCUT2D eigenvalue weighted by atomic mass is 9.96. The summed E-state index contributed by atoms with van der Waals surface area (Å²) >= 11 is 0. The first kappa shape index (κ1) is 13.8. The maximum absolute atomic E-state index is 4.18. The van der Waals surface area contributed by atoms with Gasteiger partial charge < -0.3 is 0 Å². The van der Waals surface area contributed by atoms with Crippen molar-refractivity contribution in [2.45, 2.75) is 33.1 Å². The number of allylic oxidation sites excluding steroid dienone is 8. The van der Waals surface area contributed by atoms with Crippen molar-refractivity contribution in [2.24, 2.45) is 11.8 Å². The van der Waals surface area contributed by atoms with Crippen molar-refractivity contribution in [1.29, 1.82) is 0 Å². The smallest absolute Gasteiger partial charge is 0.00473 e. The normalized spacial score (nSPS) is 24.5. The van der Waals surface area contributed by atoms with Gasteiger partial charge in [-0.05, 0) is 42.2 Å². The first-order chi connectivity index (χ1) is 8.17. The van der Waals surface area contributed by atoms with Crippen LogP contribution in [0, 0.1) is 11.8 Å². The zero-order valence-corrected chi connectivity index (χ0v) is 11.2. The lowest BCUT2D eigenvalue weighted by molar-refractivity contribution is 0.585. The van der Waals surface area contributed by atoms with Gasteiger partial charge in [0.2, 0.25) is 0 Å². The summed E-state index contributed by atoms with van der Waals surface area (Å²) in [4.78, 5) is 0. The van der Waals surface area contributed by atoms with E-state index in [1.54, 1.807) is 0 Å². The van der Waals surface area contributed by atoms with E-state index < -0.39 is 0 Å². The van der Waals surface area contributed by atoms with E-state index in [1.165, 1.54) is 11.1 Å². The molecule has 0 saturated carbocycles. The van der Waals surface area contributed by atoms with Crippen LogP contribution in [0.2, 0.25) is 0 Å². The maximum Gasteiger partial charge on any atom is -0.00473 e. The van der Waals surface area contributed by atoms with Crippen LogP contribution < -0.4 is 0 Å². The molecule has 0 fully saturated rings. The average molecular weight is 228 g/mol. The molecule has 0 saturated heterocycles. The Morgan fingerprint density at radius 1 is 1.47 bits per heavy atom. The quantitative estimate of drug-likeness (QED) is 0.566. The molecule has 0 aromatic carbocycles. The molecular formula is C17H24. The summed E-state index contributed by atoms with van der Waals surface area (Å²) in [7, 11) is 0. The van der Waals surface area contributed by atoms with Crippen LogP contribution in [0.4, 0.5) is 0 Å². The van der Waals surface area contributed by atoms with Crippen molar-refractivity contribution in [3.8, 4) is 0 Å². The first-order valence-electron chi connectivity index (χ1n) is 6.53. The molecule has 1 aliphatic rings. The predicted octanol–water partition coefficient (Wildman–Crippen LogP) is 5.22. The molecule has 0 nitrogen and oxygen atoms in total. The van der Waals surface area contributed by atoms with Crippen LogP contribution in [0.25, 0.3) is 0 Å². The fourth-order valence-electron chi connectivity index (χ4n) is 2.09. The Hall–Kier alpha value is -1.30. The Morgan fingerprint density at radius 2 is 2.24 bits per heavy atom. The molecular weight excluding hydrogens is 204 g/mol. The Bertz CT molecular complexity index is 352. The molecule has 17 heavy (non-hydrogen) atoms. The van der Waals surface area contributed by atoms with Crippen molar-refractivity contribution in [1.82, 2.24) is 0 Å². The maximum atomic E-state index is 4.18. The molecule has 0 heteroatoms. The second-order valence-corrected chi connectivity index (χ2v) is 4.78. The summed E-state index contributed by atoms with van der Waals surface area (Å²) in [6, 6.07) is 0. The van der Waals surface area contributed by atoms with Crippen LogP contribution in [-0.2, 0) is 0 Å². The summed E-state index contributed by atoms with van der Waals surface area (Å²) in [6.45, 7) is 12.5. The minimum Gasteiger partial charge on any atom is -0.102 e. The molecule has 0 amide bonds. The van der Waals surface area contributed by atoms with Crippen molar-refractivity contribution in [2.75, 3.05) is 0 Å². The largest absolute Gasteiger partial charge is 0.102 e. The van der Waals surface area contributed by atoms with Crippen molar-refractivity contribution >= 4 is 0 Å². The molecule has 2 unspecified atom stereocenters. The standard InChI is InChI=1S/C17H24/c1-5-7-8-9-15(4)17-11-10-16(6-2)12-14(3)13-17/h6-8,10-11,13-14,16H,2,4-5,9,12H2,1,3H3. The van der Waals surface area contributed by atoms with Gasteiger partial charge in [-0.1, -0.05) is 56.9 Å². The van der Waals surface area contributed by atoms with E-state index in [2.05, 4.69) is 57.4 Å². The zero-order valence-electron chi connectivity index (χ0n) is 11.2. The van der Waals surface area contributed by atoms with Gasteiger partial charge in [0.25, 0.3) is 0 Å². The Labute approximate surface area is 106 Å². The van der Waals surface area contributed by atoms with E-state index in [1.807, 2.05) is 6.08 Å². The van der Waals surface area contributed by atoms with Crippen LogP contribution >= 0.6 is 0 Å². The minimum absolute atomic E-state index is 0.498. The molecule has 0 N–H and O–H groups in total. The average Bonchev–Trinajstić information content (AvgIpc) is 2.51. The highest BCUT2D eigenvalue weighted by Gasteiger charge is 2.11. The molecule has 0 aromatic heterocycles. The van der Waals surface area contributed by atoms with E-state index in [0.29, 0.717) is 11.8 Å². The van der Waals surface area contributed by atoms with Gasteiger partial charge >= 0.3 is 0 Å². The van der Waals surface area contributed by atoms with Crippen LogP contribution in [0.5, 0.6) is 0 Å². The Balaban J connectivity index is 2.71. The molecule has 0 heterocycles. The Morgan fingerprint density at radius 3 is 2.88 bits per heavy atom. The predicted molar refractivity (Wildman–Crippen MR) is 77.9 cm³/mol. The van der Waals surface area contributed by atoms with Gasteiger partial charge in [-0.2, -0.15) is 0 Å². The summed E-state index contributed by atoms with van der Waals surface area (Å²) in [5, 5.41) is 0. The third kappa shape index (κ3) is 4.60. The van der Waals surface area contributed by atoms with Crippen molar-refractivity contribution in [3.05, 3.63) is 60.8 Å². The Kier molecular flexibility index (Phi) is 5.76. The van der Waals surface area contributed by atoms with Gasteiger partial charge in [0.05, 0.1) is 0 Å². The number of hydrogen-bond donors (Lipinski definition) is 0. The second-order valence-electron chi connectivity index (χ2n) is 4.78. The molecule has 2 atom stereocenters. The second kappa shape index (κ2) is 7.11. The lowest BCUT2D eigenvalue weighted by Gasteiger charge is -2.09. The minimum atomic E-state index is 0.498. The molecule has 0 radical (unpaired) electrons. The zero-order chi connectivity index (χ0) is 12.7. The van der Waals surface area contributed by atoms with Gasteiger partial charge in [0, 0.05) is 0 Å². The summed E-state index contributed by atoms with van der Waals surface area (Å²) in [6.07, 6.45) is 16.4. The molecule has 92 valence electrons.